The summed E-state index contributed by atoms with van der Waals surface area (Å²) in [4.78, 5) is 21.3. The minimum atomic E-state index is 0.167. The van der Waals surface area contributed by atoms with Crippen LogP contribution in [-0.4, -0.2) is 28.1 Å². The summed E-state index contributed by atoms with van der Waals surface area (Å²) in [5.74, 6) is 0.167. The van der Waals surface area contributed by atoms with Gasteiger partial charge in [-0.3, -0.25) is 14.7 Å². The smallest absolute Gasteiger partial charge is 0.266 e. The summed E-state index contributed by atoms with van der Waals surface area (Å²) in [6.45, 7) is 0. The fraction of sp³-hybridized carbons (Fsp3) is 0.545. The topological polar surface area (TPSA) is 32.7 Å². The molecule has 1 aliphatic heterocycles. The van der Waals surface area contributed by atoms with E-state index in [0.29, 0.717) is 12.1 Å². The van der Waals surface area contributed by atoms with Crippen molar-refractivity contribution in [1.82, 2.24) is 4.90 Å². The van der Waals surface area contributed by atoms with Crippen molar-refractivity contribution in [1.29, 1.82) is 0 Å². The van der Waals surface area contributed by atoms with E-state index in [1.807, 2.05) is 12.1 Å². The molecule has 4 rings (SSSR count). The third kappa shape index (κ3) is 4.78. The van der Waals surface area contributed by atoms with Gasteiger partial charge >= 0.3 is 0 Å². The Labute approximate surface area is 180 Å². The first-order chi connectivity index (χ1) is 13.2. The van der Waals surface area contributed by atoms with Crippen molar-refractivity contribution >= 4 is 51.5 Å². The van der Waals surface area contributed by atoms with Gasteiger partial charge in [0.05, 0.1) is 10.9 Å². The first kappa shape index (κ1) is 19.5. The van der Waals surface area contributed by atoms with Gasteiger partial charge in [-0.25, -0.2) is 0 Å². The fourth-order valence-electron chi connectivity index (χ4n) is 4.35. The minimum absolute atomic E-state index is 0.167. The highest BCUT2D eigenvalue weighted by Crippen LogP contribution is 2.38. The molecular formula is C22H27IN2OS. The Morgan fingerprint density at radius 3 is 2.44 bits per heavy atom. The molecule has 1 aromatic carbocycles. The van der Waals surface area contributed by atoms with Crippen molar-refractivity contribution in [3.8, 4) is 0 Å². The molecule has 0 unspecified atom stereocenters. The number of carbonyl (C=O) groups is 1. The van der Waals surface area contributed by atoms with E-state index in [-0.39, 0.29) is 5.91 Å². The molecule has 5 heteroatoms. The highest BCUT2D eigenvalue weighted by atomic mass is 127. The number of aliphatic imine (C=N–C) groups is 1. The van der Waals surface area contributed by atoms with Gasteiger partial charge in [0.25, 0.3) is 5.91 Å². The number of benzene rings is 1. The molecule has 1 amide bonds. The molecule has 0 bridgehead atoms. The summed E-state index contributed by atoms with van der Waals surface area (Å²) in [5, 5.41) is 0.968. The van der Waals surface area contributed by atoms with E-state index in [2.05, 4.69) is 45.7 Å². The third-order valence-electron chi connectivity index (χ3n) is 5.79. The number of rotatable bonds is 3. The van der Waals surface area contributed by atoms with E-state index in [9.17, 15) is 4.79 Å². The molecule has 1 aromatic rings. The van der Waals surface area contributed by atoms with Gasteiger partial charge in [0.2, 0.25) is 0 Å². The third-order valence-corrected chi connectivity index (χ3v) is 7.46. The molecule has 0 atom stereocenters. The molecule has 1 saturated heterocycles. The lowest BCUT2D eigenvalue weighted by Crippen LogP contribution is -2.41. The largest absolute Gasteiger partial charge is 0.284 e. The highest BCUT2D eigenvalue weighted by molar-refractivity contribution is 14.1. The maximum Gasteiger partial charge on any atom is 0.266 e. The lowest BCUT2D eigenvalue weighted by Gasteiger charge is -2.31. The second-order valence-corrected chi connectivity index (χ2v) is 10.1. The van der Waals surface area contributed by atoms with Crippen molar-refractivity contribution < 1.29 is 4.79 Å². The Morgan fingerprint density at radius 1 is 1.04 bits per heavy atom. The van der Waals surface area contributed by atoms with Gasteiger partial charge < -0.3 is 0 Å². The summed E-state index contributed by atoms with van der Waals surface area (Å²) in [6.07, 6.45) is 14.3. The number of hydrogen-bond donors (Lipinski definition) is 0. The van der Waals surface area contributed by atoms with Crippen molar-refractivity contribution in [2.75, 3.05) is 0 Å². The minimum Gasteiger partial charge on any atom is -0.284 e. The van der Waals surface area contributed by atoms with Crippen LogP contribution in [0.15, 0.2) is 34.2 Å². The van der Waals surface area contributed by atoms with E-state index in [1.165, 1.54) is 54.9 Å². The molecule has 3 nitrogen and oxygen atoms in total. The summed E-state index contributed by atoms with van der Waals surface area (Å²) in [7, 11) is 0. The number of nitrogens with zero attached hydrogens (tertiary/aromatic N) is 2. The average molecular weight is 494 g/mol. The molecule has 3 fully saturated rings. The maximum atomic E-state index is 13.3. The molecule has 1 heterocycles. The molecule has 144 valence electrons. The van der Waals surface area contributed by atoms with Crippen LogP contribution in [0.5, 0.6) is 0 Å². The lowest BCUT2D eigenvalue weighted by molar-refractivity contribution is -0.124. The predicted molar refractivity (Wildman–Crippen MR) is 123 cm³/mol. The molecule has 3 aliphatic rings. The average Bonchev–Trinajstić information content (AvgIpc) is 2.98. The van der Waals surface area contributed by atoms with Crippen LogP contribution in [0.4, 0.5) is 0 Å². The van der Waals surface area contributed by atoms with Crippen LogP contribution < -0.4 is 0 Å². The molecule has 0 N–H and O–H groups in total. The Bertz CT molecular complexity index is 748. The second kappa shape index (κ2) is 9.12. The molecule has 0 radical (unpaired) electrons. The zero-order valence-corrected chi connectivity index (χ0v) is 18.7. The molecular weight excluding hydrogens is 467 g/mol. The summed E-state index contributed by atoms with van der Waals surface area (Å²) < 4.78 is 1.19. The Hall–Kier alpha value is -0.820. The van der Waals surface area contributed by atoms with E-state index < -0.39 is 0 Å². The first-order valence-corrected chi connectivity index (χ1v) is 12.2. The number of thioether (sulfide) groups is 1. The molecule has 0 spiro atoms. The van der Waals surface area contributed by atoms with Crippen LogP contribution in [0.2, 0.25) is 0 Å². The van der Waals surface area contributed by atoms with E-state index >= 15 is 0 Å². The standard InChI is InChI=1S/C22H27IN2OS/c23-17-9-7-8-16(14-17)15-20-21(26)25(19-12-5-2-6-13-19)22(27-20)24-18-10-3-1-4-11-18/h7-9,14-15,18-19H,1-6,10-13H2. The summed E-state index contributed by atoms with van der Waals surface area (Å²) >= 11 is 3.92. The lowest BCUT2D eigenvalue weighted by atomic mass is 9.94. The van der Waals surface area contributed by atoms with Crippen molar-refractivity contribution in [2.24, 2.45) is 4.99 Å². The van der Waals surface area contributed by atoms with Crippen LogP contribution in [0.1, 0.15) is 69.8 Å². The first-order valence-electron chi connectivity index (χ1n) is 10.3. The van der Waals surface area contributed by atoms with E-state index in [4.69, 9.17) is 4.99 Å². The van der Waals surface area contributed by atoms with Gasteiger partial charge in [0, 0.05) is 9.61 Å². The SMILES string of the molecule is O=C1C(=Cc2cccc(I)c2)SC(=NC2CCCCC2)N1C1CCCCC1. The number of amides is 1. The van der Waals surface area contributed by atoms with Crippen LogP contribution in [-0.2, 0) is 4.79 Å². The van der Waals surface area contributed by atoms with Crippen LogP contribution in [0.3, 0.4) is 0 Å². The van der Waals surface area contributed by atoms with Gasteiger partial charge in [0.15, 0.2) is 5.17 Å². The number of hydrogen-bond acceptors (Lipinski definition) is 3. The van der Waals surface area contributed by atoms with E-state index in [0.717, 1.165) is 28.5 Å². The van der Waals surface area contributed by atoms with Gasteiger partial charge in [-0.2, -0.15) is 0 Å². The highest BCUT2D eigenvalue weighted by Gasteiger charge is 2.39. The van der Waals surface area contributed by atoms with Gasteiger partial charge in [-0.15, -0.1) is 0 Å². The van der Waals surface area contributed by atoms with Crippen LogP contribution in [0.25, 0.3) is 6.08 Å². The van der Waals surface area contributed by atoms with Crippen molar-refractivity contribution in [3.63, 3.8) is 0 Å². The second-order valence-electron chi connectivity index (χ2n) is 7.84. The van der Waals surface area contributed by atoms with E-state index in [1.54, 1.807) is 11.8 Å². The molecule has 2 saturated carbocycles. The van der Waals surface area contributed by atoms with Gasteiger partial charge in [0.1, 0.15) is 0 Å². The zero-order valence-electron chi connectivity index (χ0n) is 15.7. The predicted octanol–water partition coefficient (Wildman–Crippen LogP) is 6.23. The van der Waals surface area contributed by atoms with Gasteiger partial charge in [-0.05, 0) is 83.8 Å². The quantitative estimate of drug-likeness (QED) is 0.369. The van der Waals surface area contributed by atoms with Crippen LogP contribution in [0, 0.1) is 3.57 Å². The Kier molecular flexibility index (Phi) is 6.58. The fourth-order valence-corrected chi connectivity index (χ4v) is 6.03. The Morgan fingerprint density at radius 2 is 1.74 bits per heavy atom. The normalized spacial score (nSPS) is 25.7. The summed E-state index contributed by atoms with van der Waals surface area (Å²) in [6, 6.07) is 9.07. The maximum absolute atomic E-state index is 13.3. The van der Waals surface area contributed by atoms with Crippen molar-refractivity contribution in [2.45, 2.75) is 76.3 Å². The monoisotopic (exact) mass is 494 g/mol. The summed E-state index contributed by atoms with van der Waals surface area (Å²) in [5.41, 5.74) is 1.10. The molecule has 27 heavy (non-hydrogen) atoms. The zero-order chi connectivity index (χ0) is 18.6. The number of halogens is 1. The van der Waals surface area contributed by atoms with Gasteiger partial charge in [-0.1, -0.05) is 50.7 Å². The van der Waals surface area contributed by atoms with Crippen molar-refractivity contribution in [3.05, 3.63) is 38.3 Å². The van der Waals surface area contributed by atoms with Crippen LogP contribution >= 0.6 is 34.4 Å². The molecule has 0 aromatic heterocycles. The molecule has 2 aliphatic carbocycles. The number of carbonyl (C=O) groups excluding carboxylic acids is 1. The number of amidine groups is 1. The Balaban J connectivity index is 1.63.